The molecule has 1 fully saturated rings. The molecule has 140 valence electrons. The quantitative estimate of drug-likeness (QED) is 0.825. The fraction of sp³-hybridized carbons (Fsp3) is 0.438. The Bertz CT molecular complexity index is 905. The van der Waals surface area contributed by atoms with Crippen LogP contribution in [0.2, 0.25) is 0 Å². The van der Waals surface area contributed by atoms with E-state index >= 15 is 0 Å². The number of aryl methyl sites for hydroxylation is 2. The predicted molar refractivity (Wildman–Crippen MR) is 98.0 cm³/mol. The van der Waals surface area contributed by atoms with Crippen molar-refractivity contribution in [2.45, 2.75) is 25.2 Å². The number of morpholine rings is 1. The van der Waals surface area contributed by atoms with Crippen LogP contribution in [0.1, 0.15) is 27.9 Å². The van der Waals surface area contributed by atoms with Gasteiger partial charge in [-0.25, -0.2) is 8.42 Å². The number of ether oxygens (including phenoxy) is 1. The number of rotatable bonds is 5. The summed E-state index contributed by atoms with van der Waals surface area (Å²) < 4.78 is 32.2. The van der Waals surface area contributed by atoms with Crippen LogP contribution in [0, 0.1) is 6.92 Å². The van der Waals surface area contributed by atoms with Crippen LogP contribution in [-0.4, -0.2) is 55.1 Å². The van der Waals surface area contributed by atoms with Crippen molar-refractivity contribution in [2.24, 2.45) is 0 Å². The van der Waals surface area contributed by atoms with E-state index in [1.54, 1.807) is 13.0 Å². The number of carbonyl (C=O) groups excluding carboxylic acids is 1. The fourth-order valence-corrected chi connectivity index (χ4v) is 4.66. The maximum Gasteiger partial charge on any atom is 0.257 e. The van der Waals surface area contributed by atoms with Crippen LogP contribution in [0.3, 0.4) is 0 Å². The summed E-state index contributed by atoms with van der Waals surface area (Å²) in [5, 5.41) is 11.8. The molecule has 1 N–H and O–H groups in total. The maximum absolute atomic E-state index is 12.8. The lowest BCUT2D eigenvalue weighted by molar-refractivity contribution is 0.0730. The van der Waals surface area contributed by atoms with Crippen molar-refractivity contribution in [3.05, 3.63) is 34.3 Å². The van der Waals surface area contributed by atoms with Gasteiger partial charge < -0.3 is 4.74 Å². The molecule has 1 amide bonds. The van der Waals surface area contributed by atoms with Crippen molar-refractivity contribution in [3.8, 4) is 0 Å². The number of hydrogen-bond acceptors (Lipinski definition) is 7. The van der Waals surface area contributed by atoms with Crippen LogP contribution in [0.5, 0.6) is 0 Å². The predicted octanol–water partition coefficient (Wildman–Crippen LogP) is 1.68. The van der Waals surface area contributed by atoms with E-state index in [-0.39, 0.29) is 4.90 Å². The number of sulfonamides is 1. The standard InChI is InChI=1S/C16H20N4O4S2/c1-3-14-18-19-16(25-14)17-15(21)13-10-12(5-4-11(13)2)26(22,23)20-6-8-24-9-7-20/h4-5,10H,3,6-9H2,1-2H3,(H,17,19,21). The zero-order valence-corrected chi connectivity index (χ0v) is 16.2. The van der Waals surface area contributed by atoms with Crippen molar-refractivity contribution < 1.29 is 17.9 Å². The lowest BCUT2D eigenvalue weighted by Gasteiger charge is -2.26. The number of anilines is 1. The lowest BCUT2D eigenvalue weighted by atomic mass is 10.1. The average molecular weight is 396 g/mol. The average Bonchev–Trinajstić information content (AvgIpc) is 3.10. The molecule has 0 spiro atoms. The molecule has 8 nitrogen and oxygen atoms in total. The van der Waals surface area contributed by atoms with Gasteiger partial charge in [-0.2, -0.15) is 4.31 Å². The Balaban J connectivity index is 1.86. The second kappa shape index (κ2) is 7.78. The van der Waals surface area contributed by atoms with Gasteiger partial charge in [0.05, 0.1) is 18.1 Å². The van der Waals surface area contributed by atoms with E-state index in [9.17, 15) is 13.2 Å². The number of hydrogen-bond donors (Lipinski definition) is 1. The minimum Gasteiger partial charge on any atom is -0.379 e. The molecule has 1 aromatic heterocycles. The first kappa shape index (κ1) is 18.9. The third-order valence-electron chi connectivity index (χ3n) is 4.05. The number of nitrogens with zero attached hydrogens (tertiary/aromatic N) is 3. The summed E-state index contributed by atoms with van der Waals surface area (Å²) in [6.45, 7) is 5.07. The number of amides is 1. The first-order valence-corrected chi connectivity index (χ1v) is 10.5. The van der Waals surface area contributed by atoms with Crippen LogP contribution in [-0.2, 0) is 21.2 Å². The molecular formula is C16H20N4O4S2. The molecule has 3 rings (SSSR count). The Morgan fingerprint density at radius 1 is 1.31 bits per heavy atom. The van der Waals surface area contributed by atoms with E-state index in [1.807, 2.05) is 6.92 Å². The second-order valence-electron chi connectivity index (χ2n) is 5.80. The van der Waals surface area contributed by atoms with Gasteiger partial charge in [-0.1, -0.05) is 24.3 Å². The highest BCUT2D eigenvalue weighted by atomic mass is 32.2. The molecule has 0 unspecified atom stereocenters. The number of benzene rings is 1. The molecule has 2 heterocycles. The molecule has 1 saturated heterocycles. The van der Waals surface area contributed by atoms with Gasteiger partial charge in [0.2, 0.25) is 15.2 Å². The molecule has 0 radical (unpaired) electrons. The highest BCUT2D eigenvalue weighted by molar-refractivity contribution is 7.89. The summed E-state index contributed by atoms with van der Waals surface area (Å²) in [6, 6.07) is 4.58. The minimum atomic E-state index is -3.66. The van der Waals surface area contributed by atoms with Gasteiger partial charge in [0.25, 0.3) is 5.91 Å². The zero-order valence-electron chi connectivity index (χ0n) is 14.6. The van der Waals surface area contributed by atoms with Crippen LogP contribution in [0.25, 0.3) is 0 Å². The molecule has 0 saturated carbocycles. The summed E-state index contributed by atoms with van der Waals surface area (Å²) in [7, 11) is -3.66. The Morgan fingerprint density at radius 2 is 2.04 bits per heavy atom. The molecule has 2 aromatic rings. The zero-order chi connectivity index (χ0) is 18.7. The van der Waals surface area contributed by atoms with Gasteiger partial charge in [-0.3, -0.25) is 10.1 Å². The molecule has 26 heavy (non-hydrogen) atoms. The fourth-order valence-electron chi connectivity index (χ4n) is 2.55. The lowest BCUT2D eigenvalue weighted by Crippen LogP contribution is -2.40. The van der Waals surface area contributed by atoms with E-state index < -0.39 is 15.9 Å². The summed E-state index contributed by atoms with van der Waals surface area (Å²) in [5.41, 5.74) is 0.983. The van der Waals surface area contributed by atoms with Crippen molar-refractivity contribution in [1.82, 2.24) is 14.5 Å². The first-order valence-electron chi connectivity index (χ1n) is 8.24. The smallest absolute Gasteiger partial charge is 0.257 e. The van der Waals surface area contributed by atoms with Crippen LogP contribution in [0.4, 0.5) is 5.13 Å². The summed E-state index contributed by atoms with van der Waals surface area (Å²) in [6.07, 6.45) is 0.736. The molecule has 1 aromatic carbocycles. The Labute approximate surface area is 156 Å². The van der Waals surface area contributed by atoms with Crippen molar-refractivity contribution >= 4 is 32.4 Å². The number of carbonyl (C=O) groups is 1. The summed E-state index contributed by atoms with van der Waals surface area (Å²) >= 11 is 1.30. The maximum atomic E-state index is 12.8. The van der Waals surface area contributed by atoms with Gasteiger partial charge in [0, 0.05) is 18.7 Å². The van der Waals surface area contributed by atoms with Gasteiger partial charge in [0.15, 0.2) is 0 Å². The van der Waals surface area contributed by atoms with E-state index in [0.29, 0.717) is 42.6 Å². The molecule has 1 aliphatic rings. The van der Waals surface area contributed by atoms with Crippen LogP contribution >= 0.6 is 11.3 Å². The molecule has 10 heteroatoms. The van der Waals surface area contributed by atoms with E-state index in [1.165, 1.54) is 27.8 Å². The highest BCUT2D eigenvalue weighted by Crippen LogP contribution is 2.22. The number of aromatic nitrogens is 2. The van der Waals surface area contributed by atoms with E-state index in [2.05, 4.69) is 15.5 Å². The molecular weight excluding hydrogens is 376 g/mol. The van der Waals surface area contributed by atoms with Gasteiger partial charge in [-0.05, 0) is 31.0 Å². The normalized spacial score (nSPS) is 15.8. The minimum absolute atomic E-state index is 0.0988. The molecule has 0 bridgehead atoms. The van der Waals surface area contributed by atoms with Crippen LogP contribution in [0.15, 0.2) is 23.1 Å². The number of nitrogens with one attached hydrogen (secondary N) is 1. The Hall–Kier alpha value is -1.88. The third kappa shape index (κ3) is 3.93. The van der Waals surface area contributed by atoms with Crippen molar-refractivity contribution in [3.63, 3.8) is 0 Å². The Morgan fingerprint density at radius 3 is 2.69 bits per heavy atom. The van der Waals surface area contributed by atoms with Gasteiger partial charge in [0.1, 0.15) is 5.01 Å². The molecule has 0 atom stereocenters. The topological polar surface area (TPSA) is 101 Å². The Kier molecular flexibility index (Phi) is 5.66. The third-order valence-corrected chi connectivity index (χ3v) is 6.93. The largest absolute Gasteiger partial charge is 0.379 e. The van der Waals surface area contributed by atoms with E-state index in [0.717, 1.165) is 11.4 Å². The molecule has 0 aliphatic carbocycles. The van der Waals surface area contributed by atoms with E-state index in [4.69, 9.17) is 4.74 Å². The summed E-state index contributed by atoms with van der Waals surface area (Å²) in [4.78, 5) is 12.7. The van der Waals surface area contributed by atoms with Crippen molar-refractivity contribution in [2.75, 3.05) is 31.6 Å². The highest BCUT2D eigenvalue weighted by Gasteiger charge is 2.27. The summed E-state index contributed by atoms with van der Waals surface area (Å²) in [5.74, 6) is -0.402. The second-order valence-corrected chi connectivity index (χ2v) is 8.80. The SMILES string of the molecule is CCc1nnc(NC(=O)c2cc(S(=O)(=O)N3CCOCC3)ccc2C)s1. The first-order chi connectivity index (χ1) is 12.4. The molecule has 1 aliphatic heterocycles. The van der Waals surface area contributed by atoms with Gasteiger partial charge in [-0.15, -0.1) is 10.2 Å². The van der Waals surface area contributed by atoms with Crippen LogP contribution < -0.4 is 5.32 Å². The van der Waals surface area contributed by atoms with Crippen molar-refractivity contribution in [1.29, 1.82) is 0 Å². The van der Waals surface area contributed by atoms with Gasteiger partial charge >= 0.3 is 0 Å². The monoisotopic (exact) mass is 396 g/mol.